The zero-order valence-corrected chi connectivity index (χ0v) is 11.9. The van der Waals surface area contributed by atoms with Gasteiger partial charge in [0, 0.05) is 38.7 Å². The van der Waals surface area contributed by atoms with Gasteiger partial charge in [0.15, 0.2) is 0 Å². The molecule has 18 heavy (non-hydrogen) atoms. The highest BCUT2D eigenvalue weighted by atomic mass is 79.9. The standard InChI is InChI=1S/C13H17BrFNO2/c1-17-13(5-7-18-8-6-13)12(16)9-3-2-4-10(14)11(9)15/h2-4,12H,5-8,16H2,1H3. The summed E-state index contributed by atoms with van der Waals surface area (Å²) in [6.45, 7) is 1.19. The van der Waals surface area contributed by atoms with Gasteiger partial charge in [0.05, 0.1) is 16.1 Å². The molecule has 1 atom stereocenters. The van der Waals surface area contributed by atoms with Crippen molar-refractivity contribution in [1.29, 1.82) is 0 Å². The molecule has 1 fully saturated rings. The fraction of sp³-hybridized carbons (Fsp3) is 0.538. The van der Waals surface area contributed by atoms with Gasteiger partial charge in [-0.1, -0.05) is 12.1 Å². The van der Waals surface area contributed by atoms with Crippen molar-refractivity contribution in [3.63, 3.8) is 0 Å². The molecule has 100 valence electrons. The largest absolute Gasteiger partial charge is 0.381 e. The molecule has 3 nitrogen and oxygen atoms in total. The number of hydrogen-bond acceptors (Lipinski definition) is 3. The minimum Gasteiger partial charge on any atom is -0.381 e. The van der Waals surface area contributed by atoms with Crippen LogP contribution in [0.15, 0.2) is 22.7 Å². The number of ether oxygens (including phenoxy) is 2. The van der Waals surface area contributed by atoms with Gasteiger partial charge in [-0.15, -0.1) is 0 Å². The average Bonchev–Trinajstić information content (AvgIpc) is 2.42. The lowest BCUT2D eigenvalue weighted by molar-refractivity contribution is -0.105. The first-order valence-corrected chi connectivity index (χ1v) is 6.72. The van der Waals surface area contributed by atoms with Crippen molar-refractivity contribution in [3.05, 3.63) is 34.1 Å². The third-order valence-corrected chi connectivity index (χ3v) is 4.24. The average molecular weight is 318 g/mol. The highest BCUT2D eigenvalue weighted by molar-refractivity contribution is 9.10. The molecule has 1 saturated heterocycles. The summed E-state index contributed by atoms with van der Waals surface area (Å²) >= 11 is 3.18. The summed E-state index contributed by atoms with van der Waals surface area (Å²) in [5.74, 6) is -0.312. The van der Waals surface area contributed by atoms with Gasteiger partial charge in [-0.05, 0) is 22.0 Å². The van der Waals surface area contributed by atoms with Crippen molar-refractivity contribution in [3.8, 4) is 0 Å². The Kier molecular flexibility index (Phi) is 4.37. The number of rotatable bonds is 3. The summed E-state index contributed by atoms with van der Waals surface area (Å²) in [7, 11) is 1.63. The van der Waals surface area contributed by atoms with Crippen LogP contribution >= 0.6 is 15.9 Å². The van der Waals surface area contributed by atoms with Crippen LogP contribution < -0.4 is 5.73 Å². The molecule has 1 aliphatic rings. The number of methoxy groups -OCH3 is 1. The van der Waals surface area contributed by atoms with E-state index in [1.54, 1.807) is 25.3 Å². The molecule has 0 bridgehead atoms. The number of halogens is 2. The summed E-state index contributed by atoms with van der Waals surface area (Å²) in [5.41, 5.74) is 6.18. The van der Waals surface area contributed by atoms with Crippen molar-refractivity contribution >= 4 is 15.9 Å². The molecule has 0 aliphatic carbocycles. The van der Waals surface area contributed by atoms with E-state index in [1.807, 2.05) is 0 Å². The Morgan fingerprint density at radius 3 is 2.72 bits per heavy atom. The predicted molar refractivity (Wildman–Crippen MR) is 70.8 cm³/mol. The van der Waals surface area contributed by atoms with Crippen LogP contribution in [0.25, 0.3) is 0 Å². The van der Waals surface area contributed by atoms with Crippen molar-refractivity contribution < 1.29 is 13.9 Å². The Morgan fingerprint density at radius 2 is 2.11 bits per heavy atom. The van der Waals surface area contributed by atoms with Gasteiger partial charge in [-0.3, -0.25) is 0 Å². The smallest absolute Gasteiger partial charge is 0.142 e. The van der Waals surface area contributed by atoms with Crippen molar-refractivity contribution in [2.24, 2.45) is 5.73 Å². The van der Waals surface area contributed by atoms with E-state index in [2.05, 4.69) is 15.9 Å². The Morgan fingerprint density at radius 1 is 1.44 bits per heavy atom. The van der Waals surface area contributed by atoms with Gasteiger partial charge in [0.25, 0.3) is 0 Å². The maximum atomic E-state index is 14.1. The maximum absolute atomic E-state index is 14.1. The second-order valence-corrected chi connectivity index (χ2v) is 5.36. The first-order valence-electron chi connectivity index (χ1n) is 5.93. The van der Waals surface area contributed by atoms with E-state index in [-0.39, 0.29) is 5.82 Å². The Labute approximate surface area is 115 Å². The summed E-state index contributed by atoms with van der Waals surface area (Å²) < 4.78 is 25.5. The summed E-state index contributed by atoms with van der Waals surface area (Å²) in [6.07, 6.45) is 1.35. The third-order valence-electron chi connectivity index (χ3n) is 3.63. The van der Waals surface area contributed by atoms with Crippen LogP contribution in [0, 0.1) is 5.82 Å². The summed E-state index contributed by atoms with van der Waals surface area (Å²) in [5, 5.41) is 0. The summed E-state index contributed by atoms with van der Waals surface area (Å²) in [6, 6.07) is 4.66. The predicted octanol–water partition coefficient (Wildman–Crippen LogP) is 2.78. The highest BCUT2D eigenvalue weighted by Crippen LogP contribution is 2.37. The molecule has 0 radical (unpaired) electrons. The lowest BCUT2D eigenvalue weighted by Crippen LogP contribution is -2.47. The minimum absolute atomic E-state index is 0.312. The van der Waals surface area contributed by atoms with Gasteiger partial charge >= 0.3 is 0 Å². The van der Waals surface area contributed by atoms with Gasteiger partial charge in [-0.25, -0.2) is 4.39 Å². The molecule has 1 aliphatic heterocycles. The third kappa shape index (κ3) is 2.45. The molecule has 1 heterocycles. The number of benzene rings is 1. The van der Waals surface area contributed by atoms with Gasteiger partial charge in [-0.2, -0.15) is 0 Å². The second-order valence-electron chi connectivity index (χ2n) is 4.50. The van der Waals surface area contributed by atoms with E-state index >= 15 is 0 Å². The van der Waals surface area contributed by atoms with E-state index < -0.39 is 11.6 Å². The van der Waals surface area contributed by atoms with Gasteiger partial charge in [0.2, 0.25) is 0 Å². The molecule has 1 aromatic carbocycles. The molecule has 5 heteroatoms. The van der Waals surface area contributed by atoms with Crippen molar-refractivity contribution in [2.45, 2.75) is 24.5 Å². The summed E-state index contributed by atoms with van der Waals surface area (Å²) in [4.78, 5) is 0. The normalized spacial score (nSPS) is 20.7. The SMILES string of the molecule is COC1(C(N)c2cccc(Br)c2F)CCOCC1. The Hall–Kier alpha value is -0.490. The lowest BCUT2D eigenvalue weighted by atomic mass is 9.82. The van der Waals surface area contributed by atoms with Crippen LogP contribution in [-0.2, 0) is 9.47 Å². The zero-order valence-electron chi connectivity index (χ0n) is 10.3. The molecule has 0 aromatic heterocycles. The van der Waals surface area contributed by atoms with Crippen LogP contribution in [-0.4, -0.2) is 25.9 Å². The van der Waals surface area contributed by atoms with E-state index in [9.17, 15) is 4.39 Å². The van der Waals surface area contributed by atoms with Crippen molar-refractivity contribution in [1.82, 2.24) is 0 Å². The lowest BCUT2D eigenvalue weighted by Gasteiger charge is -2.40. The molecule has 1 aromatic rings. The van der Waals surface area contributed by atoms with E-state index in [1.165, 1.54) is 0 Å². The molecule has 2 rings (SSSR count). The van der Waals surface area contributed by atoms with Gasteiger partial charge < -0.3 is 15.2 Å². The molecular weight excluding hydrogens is 301 g/mol. The van der Waals surface area contributed by atoms with Crippen LogP contribution in [0.4, 0.5) is 4.39 Å². The molecule has 2 N–H and O–H groups in total. The van der Waals surface area contributed by atoms with Crippen molar-refractivity contribution in [2.75, 3.05) is 20.3 Å². The topological polar surface area (TPSA) is 44.5 Å². The first-order chi connectivity index (χ1) is 8.60. The zero-order chi connectivity index (χ0) is 13.2. The van der Waals surface area contributed by atoms with E-state index in [0.29, 0.717) is 36.1 Å². The van der Waals surface area contributed by atoms with Gasteiger partial charge in [0.1, 0.15) is 5.82 Å². The first kappa shape index (κ1) is 13.9. The number of nitrogens with two attached hydrogens (primary N) is 1. The van der Waals surface area contributed by atoms with Crippen LogP contribution in [0.3, 0.4) is 0 Å². The second kappa shape index (κ2) is 5.65. The van der Waals surface area contributed by atoms with Crippen LogP contribution in [0.1, 0.15) is 24.4 Å². The van der Waals surface area contributed by atoms with E-state index in [0.717, 1.165) is 0 Å². The quantitative estimate of drug-likeness (QED) is 0.932. The Balaban J connectivity index is 2.33. The molecule has 0 amide bonds. The van der Waals surface area contributed by atoms with E-state index in [4.69, 9.17) is 15.2 Å². The highest BCUT2D eigenvalue weighted by Gasteiger charge is 2.40. The van der Waals surface area contributed by atoms with Crippen LogP contribution in [0.2, 0.25) is 0 Å². The minimum atomic E-state index is -0.542. The molecule has 0 spiro atoms. The molecular formula is C13H17BrFNO2. The van der Waals surface area contributed by atoms with Crippen LogP contribution in [0.5, 0.6) is 0 Å². The molecule has 0 saturated carbocycles. The number of hydrogen-bond donors (Lipinski definition) is 1. The molecule has 1 unspecified atom stereocenters. The Bertz CT molecular complexity index is 421. The monoisotopic (exact) mass is 317 g/mol. The fourth-order valence-corrected chi connectivity index (χ4v) is 2.78. The maximum Gasteiger partial charge on any atom is 0.142 e. The fourth-order valence-electron chi connectivity index (χ4n) is 2.40.